The minimum absolute atomic E-state index is 0.138. The summed E-state index contributed by atoms with van der Waals surface area (Å²) in [6.07, 6.45) is 4.09. The van der Waals surface area contributed by atoms with Gasteiger partial charge in [0.05, 0.1) is 21.3 Å². The molecule has 0 heterocycles. The molecule has 0 unspecified atom stereocenters. The zero-order valence-corrected chi connectivity index (χ0v) is 14.5. The van der Waals surface area contributed by atoms with Crippen LogP contribution >= 0.6 is 0 Å². The first-order chi connectivity index (χ1) is 11.0. The maximum atomic E-state index is 11.8. The molecule has 0 aromatic heterocycles. The Morgan fingerprint density at radius 2 is 1.83 bits per heavy atom. The Morgan fingerprint density at radius 3 is 2.39 bits per heavy atom. The Balaban J connectivity index is 2.74. The Morgan fingerprint density at radius 1 is 1.13 bits per heavy atom. The van der Waals surface area contributed by atoms with E-state index in [9.17, 15) is 4.79 Å². The minimum Gasteiger partial charge on any atom is -0.493 e. The van der Waals surface area contributed by atoms with Gasteiger partial charge in [0, 0.05) is 18.2 Å². The number of benzene rings is 1. The lowest BCUT2D eigenvalue weighted by Crippen LogP contribution is -2.25. The molecular formula is C17H26N2O4. The number of amides is 1. The van der Waals surface area contributed by atoms with Gasteiger partial charge in [-0.2, -0.15) is 0 Å². The maximum Gasteiger partial charge on any atom is 0.244 e. The summed E-state index contributed by atoms with van der Waals surface area (Å²) in [4.78, 5) is 13.9. The van der Waals surface area contributed by atoms with Crippen molar-refractivity contribution in [2.75, 3.05) is 48.5 Å². The number of nitrogens with one attached hydrogen (secondary N) is 1. The summed E-state index contributed by atoms with van der Waals surface area (Å²) >= 11 is 0. The van der Waals surface area contributed by atoms with E-state index in [0.29, 0.717) is 23.8 Å². The summed E-state index contributed by atoms with van der Waals surface area (Å²) in [7, 11) is 8.67. The SMILES string of the molecule is COc1ccc(/C=C/C(=O)NCCCN(C)C)c(OC)c1OC. The van der Waals surface area contributed by atoms with Crippen LogP contribution < -0.4 is 19.5 Å². The average Bonchev–Trinajstić information content (AvgIpc) is 2.55. The molecule has 6 heteroatoms. The summed E-state index contributed by atoms with van der Waals surface area (Å²) in [5, 5.41) is 2.85. The molecule has 1 aromatic carbocycles. The lowest BCUT2D eigenvalue weighted by Gasteiger charge is -2.14. The summed E-state index contributed by atoms with van der Waals surface area (Å²) in [6, 6.07) is 3.59. The molecule has 0 spiro atoms. The molecule has 6 nitrogen and oxygen atoms in total. The van der Waals surface area contributed by atoms with E-state index < -0.39 is 0 Å². The van der Waals surface area contributed by atoms with Crippen molar-refractivity contribution in [3.05, 3.63) is 23.8 Å². The average molecular weight is 322 g/mol. The van der Waals surface area contributed by atoms with Gasteiger partial charge in [0.1, 0.15) is 0 Å². The first kappa shape index (κ1) is 18.8. The summed E-state index contributed by atoms with van der Waals surface area (Å²) in [6.45, 7) is 1.58. The molecule has 1 amide bonds. The fourth-order valence-corrected chi connectivity index (χ4v) is 2.09. The lowest BCUT2D eigenvalue weighted by atomic mass is 10.1. The van der Waals surface area contributed by atoms with E-state index in [2.05, 4.69) is 10.2 Å². The monoisotopic (exact) mass is 322 g/mol. The Labute approximate surface area is 138 Å². The molecule has 0 radical (unpaired) electrons. The topological polar surface area (TPSA) is 60.0 Å². The van der Waals surface area contributed by atoms with Crippen LogP contribution in [0.5, 0.6) is 17.2 Å². The molecule has 0 aliphatic rings. The highest BCUT2D eigenvalue weighted by Crippen LogP contribution is 2.40. The van der Waals surface area contributed by atoms with Gasteiger partial charge >= 0.3 is 0 Å². The molecular weight excluding hydrogens is 296 g/mol. The van der Waals surface area contributed by atoms with Gasteiger partial charge < -0.3 is 24.4 Å². The Hall–Kier alpha value is -2.21. The summed E-state index contributed by atoms with van der Waals surface area (Å²) in [5.74, 6) is 1.47. The van der Waals surface area contributed by atoms with E-state index in [-0.39, 0.29) is 5.91 Å². The third kappa shape index (κ3) is 5.83. The van der Waals surface area contributed by atoms with Crippen molar-refractivity contribution in [2.45, 2.75) is 6.42 Å². The highest BCUT2D eigenvalue weighted by atomic mass is 16.5. The van der Waals surface area contributed by atoms with Gasteiger partial charge in [-0.25, -0.2) is 0 Å². The van der Waals surface area contributed by atoms with Crippen LogP contribution in [0.25, 0.3) is 6.08 Å². The Bertz CT molecular complexity index is 542. The van der Waals surface area contributed by atoms with Gasteiger partial charge in [0.2, 0.25) is 11.7 Å². The van der Waals surface area contributed by atoms with Gasteiger partial charge in [-0.05, 0) is 45.3 Å². The Kier molecular flexibility index (Phi) is 7.97. The second kappa shape index (κ2) is 9.74. The summed E-state index contributed by atoms with van der Waals surface area (Å²) in [5.41, 5.74) is 0.744. The zero-order chi connectivity index (χ0) is 17.2. The van der Waals surface area contributed by atoms with Crippen LogP contribution in [0.4, 0.5) is 0 Å². The van der Waals surface area contributed by atoms with Crippen molar-refractivity contribution in [2.24, 2.45) is 0 Å². The fourth-order valence-electron chi connectivity index (χ4n) is 2.09. The molecule has 0 fully saturated rings. The normalized spacial score (nSPS) is 10.9. The molecule has 0 aliphatic carbocycles. The molecule has 0 aliphatic heterocycles. The first-order valence-electron chi connectivity index (χ1n) is 7.43. The standard InChI is InChI=1S/C17H26N2O4/c1-19(2)12-6-11-18-15(20)10-8-13-7-9-14(21-3)17(23-5)16(13)22-4/h7-10H,6,11-12H2,1-5H3,(H,18,20)/b10-8+. The van der Waals surface area contributed by atoms with Crippen molar-refractivity contribution >= 4 is 12.0 Å². The van der Waals surface area contributed by atoms with Gasteiger partial charge in [-0.1, -0.05) is 0 Å². The predicted molar refractivity (Wildman–Crippen MR) is 91.3 cm³/mol. The molecule has 0 saturated carbocycles. The van der Waals surface area contributed by atoms with Crippen LogP contribution in [-0.4, -0.2) is 59.3 Å². The quantitative estimate of drug-likeness (QED) is 0.555. The first-order valence-corrected chi connectivity index (χ1v) is 7.43. The predicted octanol–water partition coefficient (Wildman–Crippen LogP) is 1.79. The number of rotatable bonds is 9. The molecule has 1 N–H and O–H groups in total. The van der Waals surface area contributed by atoms with Crippen molar-refractivity contribution in [1.29, 1.82) is 0 Å². The molecule has 0 bridgehead atoms. The highest BCUT2D eigenvalue weighted by Gasteiger charge is 2.14. The van der Waals surface area contributed by atoms with Crippen LogP contribution in [-0.2, 0) is 4.79 Å². The van der Waals surface area contributed by atoms with Crippen molar-refractivity contribution in [1.82, 2.24) is 10.2 Å². The number of ether oxygens (including phenoxy) is 3. The van der Waals surface area contributed by atoms with E-state index in [0.717, 1.165) is 18.5 Å². The van der Waals surface area contributed by atoms with E-state index in [1.54, 1.807) is 33.5 Å². The van der Waals surface area contributed by atoms with Crippen molar-refractivity contribution < 1.29 is 19.0 Å². The van der Waals surface area contributed by atoms with Gasteiger partial charge in [-0.3, -0.25) is 4.79 Å². The van der Waals surface area contributed by atoms with Crippen LogP contribution in [0.15, 0.2) is 18.2 Å². The number of hydrogen-bond donors (Lipinski definition) is 1. The van der Waals surface area contributed by atoms with Crippen LogP contribution in [0.3, 0.4) is 0 Å². The van der Waals surface area contributed by atoms with E-state index in [1.807, 2.05) is 20.2 Å². The maximum absolute atomic E-state index is 11.8. The number of nitrogens with zero attached hydrogens (tertiary/aromatic N) is 1. The third-order valence-corrected chi connectivity index (χ3v) is 3.23. The number of methoxy groups -OCH3 is 3. The smallest absolute Gasteiger partial charge is 0.244 e. The number of hydrogen-bond acceptors (Lipinski definition) is 5. The minimum atomic E-state index is -0.138. The molecule has 0 atom stereocenters. The molecule has 0 saturated heterocycles. The van der Waals surface area contributed by atoms with E-state index in [4.69, 9.17) is 14.2 Å². The number of carbonyl (C=O) groups excluding carboxylic acids is 1. The van der Waals surface area contributed by atoms with Crippen LogP contribution in [0, 0.1) is 0 Å². The van der Waals surface area contributed by atoms with Gasteiger partial charge in [-0.15, -0.1) is 0 Å². The van der Waals surface area contributed by atoms with Crippen molar-refractivity contribution in [3.8, 4) is 17.2 Å². The van der Waals surface area contributed by atoms with E-state index >= 15 is 0 Å². The van der Waals surface area contributed by atoms with Gasteiger partial charge in [0.25, 0.3) is 0 Å². The second-order valence-electron chi connectivity index (χ2n) is 5.20. The van der Waals surface area contributed by atoms with Gasteiger partial charge in [0.15, 0.2) is 11.5 Å². The molecule has 23 heavy (non-hydrogen) atoms. The largest absolute Gasteiger partial charge is 0.493 e. The highest BCUT2D eigenvalue weighted by molar-refractivity contribution is 5.92. The molecule has 1 aromatic rings. The van der Waals surface area contributed by atoms with Crippen molar-refractivity contribution in [3.63, 3.8) is 0 Å². The van der Waals surface area contributed by atoms with Crippen LogP contribution in [0.1, 0.15) is 12.0 Å². The second-order valence-corrected chi connectivity index (χ2v) is 5.20. The third-order valence-electron chi connectivity index (χ3n) is 3.23. The zero-order valence-electron chi connectivity index (χ0n) is 14.5. The summed E-state index contributed by atoms with van der Waals surface area (Å²) < 4.78 is 15.9. The van der Waals surface area contributed by atoms with Crippen LogP contribution in [0.2, 0.25) is 0 Å². The fraction of sp³-hybridized carbons (Fsp3) is 0.471. The molecule has 1 rings (SSSR count). The lowest BCUT2D eigenvalue weighted by molar-refractivity contribution is -0.116. The van der Waals surface area contributed by atoms with E-state index in [1.165, 1.54) is 6.08 Å². The molecule has 128 valence electrons. The number of carbonyl (C=O) groups is 1.